The quantitative estimate of drug-likeness (QED) is 0.0808. The number of amides is 10. The lowest BCUT2D eigenvalue weighted by molar-refractivity contribution is -0.157. The third kappa shape index (κ3) is 18.3. The van der Waals surface area contributed by atoms with Crippen molar-refractivity contribution in [2.24, 2.45) is 29.4 Å². The average Bonchev–Trinajstić information content (AvgIpc) is 3.99. The van der Waals surface area contributed by atoms with Gasteiger partial charge in [0.05, 0.1) is 25.4 Å². The Balaban J connectivity index is 1.80. The second-order valence-electron chi connectivity index (χ2n) is 21.3. The number of phenolic OH excluding ortho intramolecular Hbond substituents is 1. The fraction of sp³-hybridized carbons (Fsp3) is 0.654. The summed E-state index contributed by atoms with van der Waals surface area (Å²) in [6, 6.07) is -5.25. The topological polar surface area (TPSA) is 351 Å². The highest BCUT2D eigenvalue weighted by atomic mass is 16.5. The first-order chi connectivity index (χ1) is 35.8. The lowest BCUT2D eigenvalue weighted by Gasteiger charge is -2.32. The van der Waals surface area contributed by atoms with Gasteiger partial charge in [0.1, 0.15) is 54.6 Å². The number of esters is 1. The SMILES string of the molecule is CCCC(=O)N[C@H](C(=O)NC1COC(=O)[C@@H]2CCCN2C(=O)[C@H](Cc2ccc(O)cc2)NC(=O)[C@H](CC(N)=O)NC(=O)CNC(=O)[C@H](CC(C)C)NC(=O)CC(=O)[C@H](CC(C)C)NC(=O)C2C[C@H](C)CN2C1=O)C(C)C. The van der Waals surface area contributed by atoms with Crippen molar-refractivity contribution < 1.29 is 67.4 Å². The number of carbonyl (C=O) groups is 12. The van der Waals surface area contributed by atoms with E-state index in [9.17, 15) is 62.6 Å². The number of Topliss-reactive ketones (excluding diaryl/α,β-unsaturated/α-hetero) is 1. The molecule has 9 atom stereocenters. The number of cyclic esters (lactones) is 1. The average molecular weight is 1070 g/mol. The molecule has 1 aromatic carbocycles. The maximum Gasteiger partial charge on any atom is 0.328 e. The number of ketones is 1. The number of phenols is 1. The van der Waals surface area contributed by atoms with Crippen LogP contribution in [0.15, 0.2) is 24.3 Å². The molecule has 2 unspecified atom stereocenters. The van der Waals surface area contributed by atoms with Gasteiger partial charge in [0.2, 0.25) is 59.1 Å². The van der Waals surface area contributed by atoms with Crippen molar-refractivity contribution in [3.8, 4) is 5.75 Å². The summed E-state index contributed by atoms with van der Waals surface area (Å²) in [5.74, 6) is -11.2. The van der Waals surface area contributed by atoms with E-state index in [0.29, 0.717) is 12.0 Å². The predicted octanol–water partition coefficient (Wildman–Crippen LogP) is -0.873. The van der Waals surface area contributed by atoms with Crippen molar-refractivity contribution in [2.75, 3.05) is 26.2 Å². The summed E-state index contributed by atoms with van der Waals surface area (Å²) in [6.07, 6.45) is -0.519. The van der Waals surface area contributed by atoms with Gasteiger partial charge < -0.3 is 62.6 Å². The summed E-state index contributed by atoms with van der Waals surface area (Å²) in [5.41, 5.74) is 5.93. The van der Waals surface area contributed by atoms with Crippen LogP contribution in [0.4, 0.5) is 0 Å². The van der Waals surface area contributed by atoms with E-state index in [-0.39, 0.29) is 81.5 Å². The summed E-state index contributed by atoms with van der Waals surface area (Å²) < 4.78 is 5.79. The Hall–Kier alpha value is -7.14. The molecule has 24 heteroatoms. The van der Waals surface area contributed by atoms with E-state index in [0.717, 1.165) is 0 Å². The molecule has 3 aliphatic heterocycles. The number of hydrogen-bond donors (Lipinski definition) is 9. The Morgan fingerprint density at radius 3 is 2.03 bits per heavy atom. The number of rotatable bonds is 14. The van der Waals surface area contributed by atoms with E-state index in [1.807, 2.05) is 0 Å². The monoisotopic (exact) mass is 1070 g/mol. The molecule has 3 saturated heterocycles. The number of nitrogens with two attached hydrogens (primary N) is 1. The lowest BCUT2D eigenvalue weighted by Crippen LogP contribution is -2.60. The molecule has 3 aliphatic rings. The lowest BCUT2D eigenvalue weighted by atomic mass is 9.97. The van der Waals surface area contributed by atoms with E-state index >= 15 is 0 Å². The maximum absolute atomic E-state index is 14.8. The van der Waals surface area contributed by atoms with E-state index in [1.165, 1.54) is 34.1 Å². The molecule has 0 saturated carbocycles. The molecule has 0 aliphatic carbocycles. The molecule has 10 N–H and O–H groups in total. The molecule has 420 valence electrons. The van der Waals surface area contributed by atoms with E-state index in [1.54, 1.807) is 55.4 Å². The molecule has 24 nitrogen and oxygen atoms in total. The van der Waals surface area contributed by atoms with Crippen LogP contribution in [0, 0.1) is 23.7 Å². The Labute approximate surface area is 443 Å². The largest absolute Gasteiger partial charge is 0.508 e. The van der Waals surface area contributed by atoms with E-state index < -0.39 is 151 Å². The van der Waals surface area contributed by atoms with Crippen LogP contribution in [0.25, 0.3) is 0 Å². The summed E-state index contributed by atoms with van der Waals surface area (Å²) in [7, 11) is 0. The fourth-order valence-electron chi connectivity index (χ4n) is 9.45. The first kappa shape index (κ1) is 61.4. The number of fused-ring (bicyclic) bond motifs is 2. The molecule has 0 bridgehead atoms. The molecule has 1 aromatic rings. The smallest absolute Gasteiger partial charge is 0.328 e. The van der Waals surface area contributed by atoms with Gasteiger partial charge in [-0.05, 0) is 79.9 Å². The van der Waals surface area contributed by atoms with Crippen molar-refractivity contribution in [3.63, 3.8) is 0 Å². The molecule has 4 rings (SSSR count). The Morgan fingerprint density at radius 1 is 0.776 bits per heavy atom. The number of aromatic hydroxyl groups is 1. The van der Waals surface area contributed by atoms with Crippen molar-refractivity contribution >= 4 is 70.8 Å². The van der Waals surface area contributed by atoms with E-state index in [4.69, 9.17) is 10.5 Å². The molecule has 0 radical (unpaired) electrons. The van der Waals surface area contributed by atoms with Gasteiger partial charge in [-0.3, -0.25) is 52.7 Å². The van der Waals surface area contributed by atoms with Gasteiger partial charge in [0, 0.05) is 25.9 Å². The number of ether oxygens (including phenoxy) is 1. The molecule has 3 heterocycles. The Bertz CT molecular complexity index is 2310. The number of nitrogens with one attached hydrogen (secondary N) is 7. The zero-order valence-electron chi connectivity index (χ0n) is 44.9. The predicted molar refractivity (Wildman–Crippen MR) is 273 cm³/mol. The van der Waals surface area contributed by atoms with Gasteiger partial charge in [-0.25, -0.2) is 4.79 Å². The number of hydrogen-bond acceptors (Lipinski definition) is 14. The standard InChI is InChI=1S/C52H78N10O14/c1-9-11-42(66)60-45(29(6)7)49(72)59-37-26-76-52(75)38-12-10-17-61(38)50(73)36(21-31-13-15-32(63)16-14-31)58-47(70)35(22-41(53)65)56-44(68)24-54-46(69)34(19-28(4)5)55-43(67)23-40(64)33(18-27(2)3)57-48(71)39-20-30(8)25-62(39)51(37)74/h13-16,27-30,33-39,45,63H,9-12,17-26H2,1-8H3,(H2,53,65)(H,54,69)(H,55,67)(H,56,68)(H,57,71)(H,58,70)(H,59,72)(H,60,66)/t30-,33-,34-,35-,36-,37?,38-,39?,45-/m0/s1. The molecule has 0 spiro atoms. The normalized spacial score (nSPS) is 25.6. The molecular weight excluding hydrogens is 989 g/mol. The molecular formula is C52H78N10O14. The van der Waals surface area contributed by atoms with Crippen molar-refractivity contribution in [3.05, 3.63) is 29.8 Å². The van der Waals surface area contributed by atoms with Crippen LogP contribution in [0.1, 0.15) is 119 Å². The van der Waals surface area contributed by atoms with Crippen LogP contribution in [0.5, 0.6) is 5.75 Å². The van der Waals surface area contributed by atoms with Crippen LogP contribution in [0.2, 0.25) is 0 Å². The van der Waals surface area contributed by atoms with Crippen LogP contribution in [0.3, 0.4) is 0 Å². The van der Waals surface area contributed by atoms with Gasteiger partial charge >= 0.3 is 5.97 Å². The van der Waals surface area contributed by atoms with Crippen LogP contribution in [-0.2, 0) is 68.7 Å². The zero-order chi connectivity index (χ0) is 56.6. The van der Waals surface area contributed by atoms with E-state index in [2.05, 4.69) is 37.2 Å². The van der Waals surface area contributed by atoms with Gasteiger partial charge in [-0.1, -0.05) is 67.5 Å². The van der Waals surface area contributed by atoms with Gasteiger partial charge in [-0.15, -0.1) is 0 Å². The zero-order valence-corrected chi connectivity index (χ0v) is 44.9. The number of carbonyl (C=O) groups excluding carboxylic acids is 12. The minimum absolute atomic E-state index is 0.00302. The summed E-state index contributed by atoms with van der Waals surface area (Å²) in [5, 5.41) is 27.9. The Kier molecular flexibility index (Phi) is 23.2. The van der Waals surface area contributed by atoms with Crippen LogP contribution in [-0.4, -0.2) is 160 Å². The highest BCUT2D eigenvalue weighted by Gasteiger charge is 2.44. The van der Waals surface area contributed by atoms with Crippen molar-refractivity contribution in [2.45, 2.75) is 168 Å². The maximum atomic E-state index is 14.8. The second kappa shape index (κ2) is 28.7. The third-order valence-electron chi connectivity index (χ3n) is 13.2. The van der Waals surface area contributed by atoms with Crippen LogP contribution >= 0.6 is 0 Å². The first-order valence-electron chi connectivity index (χ1n) is 26.2. The third-order valence-corrected chi connectivity index (χ3v) is 13.2. The summed E-state index contributed by atoms with van der Waals surface area (Å²) in [6.45, 7) is 12.5. The summed E-state index contributed by atoms with van der Waals surface area (Å²) >= 11 is 0. The fourth-order valence-corrected chi connectivity index (χ4v) is 9.45. The highest BCUT2D eigenvalue weighted by molar-refractivity contribution is 6.04. The molecule has 76 heavy (non-hydrogen) atoms. The molecule has 3 fully saturated rings. The van der Waals surface area contributed by atoms with Gasteiger partial charge in [0.15, 0.2) is 5.78 Å². The molecule has 10 amide bonds. The minimum atomic E-state index is -1.69. The van der Waals surface area contributed by atoms with Crippen LogP contribution < -0.4 is 43.0 Å². The molecule has 0 aromatic heterocycles. The number of benzene rings is 1. The van der Waals surface area contributed by atoms with Gasteiger partial charge in [-0.2, -0.15) is 0 Å². The first-order valence-corrected chi connectivity index (χ1v) is 26.2. The second-order valence-corrected chi connectivity index (χ2v) is 21.3. The van der Waals surface area contributed by atoms with Crippen molar-refractivity contribution in [1.29, 1.82) is 0 Å². The summed E-state index contributed by atoms with van der Waals surface area (Å²) in [4.78, 5) is 168. The highest BCUT2D eigenvalue weighted by Crippen LogP contribution is 2.26. The number of nitrogens with zero attached hydrogens (tertiary/aromatic N) is 2. The minimum Gasteiger partial charge on any atom is -0.508 e. The van der Waals surface area contributed by atoms with Gasteiger partial charge in [0.25, 0.3) is 0 Å². The number of primary amides is 1. The Morgan fingerprint density at radius 2 is 1.41 bits per heavy atom. The van der Waals surface area contributed by atoms with Crippen molar-refractivity contribution in [1.82, 2.24) is 47.0 Å².